The quantitative estimate of drug-likeness (QED) is 0.701. The molecule has 1 heterocycles. The summed E-state index contributed by atoms with van der Waals surface area (Å²) in [5.74, 6) is -0.0111. The van der Waals surface area contributed by atoms with Gasteiger partial charge in [-0.2, -0.15) is 5.10 Å². The van der Waals surface area contributed by atoms with Gasteiger partial charge in [-0.25, -0.2) is 0 Å². The van der Waals surface area contributed by atoms with Crippen LogP contribution in [0.15, 0.2) is 6.07 Å². The third kappa shape index (κ3) is 6.02. The second-order valence-corrected chi connectivity index (χ2v) is 4.36. The van der Waals surface area contributed by atoms with Gasteiger partial charge in [-0.1, -0.05) is 19.8 Å². The monoisotopic (exact) mass is 274 g/mol. The summed E-state index contributed by atoms with van der Waals surface area (Å²) >= 11 is 0. The molecular weight excluding hydrogens is 252 g/mol. The lowest BCUT2D eigenvalue weighted by atomic mass is 10.1. The van der Waals surface area contributed by atoms with E-state index in [2.05, 4.69) is 22.4 Å². The van der Waals surface area contributed by atoms with Gasteiger partial charge in [-0.3, -0.25) is 9.89 Å². The molecule has 1 unspecified atom stereocenters. The number of carbonyl (C=O) groups is 1. The van der Waals surface area contributed by atoms with Crippen molar-refractivity contribution in [3.63, 3.8) is 0 Å². The van der Waals surface area contributed by atoms with Gasteiger partial charge in [0.05, 0.1) is 12.1 Å². The molecule has 0 aromatic carbocycles. The van der Waals surface area contributed by atoms with Crippen molar-refractivity contribution in [3.05, 3.63) is 17.5 Å². The summed E-state index contributed by atoms with van der Waals surface area (Å²) < 4.78 is 0. The predicted octanol–water partition coefficient (Wildman–Crippen LogP) is 1.32. The summed E-state index contributed by atoms with van der Waals surface area (Å²) in [6.45, 7) is 4.53. The molecule has 0 saturated heterocycles. The fourth-order valence-corrected chi connectivity index (χ4v) is 1.71. The highest BCUT2D eigenvalue weighted by Gasteiger charge is 2.11. The molecule has 4 N–H and O–H groups in total. The van der Waals surface area contributed by atoms with Crippen molar-refractivity contribution in [3.8, 4) is 0 Å². The second kappa shape index (κ2) is 8.94. The maximum Gasteiger partial charge on any atom is 0.226 e. The average Bonchev–Trinajstić information content (AvgIpc) is 2.69. The van der Waals surface area contributed by atoms with Crippen LogP contribution in [0.1, 0.15) is 37.6 Å². The molecule has 0 aliphatic carbocycles. The number of halogens is 1. The van der Waals surface area contributed by atoms with Crippen LogP contribution in [-0.4, -0.2) is 28.7 Å². The number of nitrogens with two attached hydrogens (primary N) is 1. The molecule has 0 aliphatic heterocycles. The SMILES string of the molecule is CCCCC(CN)NC(=O)Cc1cc(C)[nH]n1.Cl. The molecule has 1 atom stereocenters. The Bertz CT molecular complexity index is 354. The Morgan fingerprint density at radius 3 is 2.83 bits per heavy atom. The van der Waals surface area contributed by atoms with E-state index in [4.69, 9.17) is 5.73 Å². The van der Waals surface area contributed by atoms with E-state index >= 15 is 0 Å². The molecule has 0 radical (unpaired) electrons. The number of hydrogen-bond donors (Lipinski definition) is 3. The van der Waals surface area contributed by atoms with Crippen LogP contribution < -0.4 is 11.1 Å². The number of amides is 1. The van der Waals surface area contributed by atoms with E-state index in [9.17, 15) is 4.79 Å². The molecular formula is C12H23ClN4O. The van der Waals surface area contributed by atoms with Gasteiger partial charge in [0.1, 0.15) is 0 Å². The van der Waals surface area contributed by atoms with E-state index in [-0.39, 0.29) is 24.4 Å². The first kappa shape index (κ1) is 16.9. The molecule has 5 nitrogen and oxygen atoms in total. The number of rotatable bonds is 7. The fraction of sp³-hybridized carbons (Fsp3) is 0.667. The number of aromatic nitrogens is 2. The predicted molar refractivity (Wildman–Crippen MR) is 74.8 cm³/mol. The first-order valence-corrected chi connectivity index (χ1v) is 6.16. The lowest BCUT2D eigenvalue weighted by Crippen LogP contribution is -2.40. The maximum absolute atomic E-state index is 11.7. The van der Waals surface area contributed by atoms with Gasteiger partial charge in [-0.15, -0.1) is 12.4 Å². The fourth-order valence-electron chi connectivity index (χ4n) is 1.71. The van der Waals surface area contributed by atoms with Gasteiger partial charge >= 0.3 is 0 Å². The van der Waals surface area contributed by atoms with Crippen molar-refractivity contribution in [1.82, 2.24) is 15.5 Å². The lowest BCUT2D eigenvalue weighted by molar-refractivity contribution is -0.121. The Hall–Kier alpha value is -1.07. The molecule has 104 valence electrons. The van der Waals surface area contributed by atoms with Crippen molar-refractivity contribution in [1.29, 1.82) is 0 Å². The first-order chi connectivity index (χ1) is 8.15. The molecule has 6 heteroatoms. The molecule has 0 spiro atoms. The van der Waals surface area contributed by atoms with Crippen LogP contribution >= 0.6 is 12.4 Å². The topological polar surface area (TPSA) is 83.8 Å². The molecule has 1 aromatic rings. The van der Waals surface area contributed by atoms with Gasteiger partial charge in [0.15, 0.2) is 0 Å². The number of hydrogen-bond acceptors (Lipinski definition) is 3. The third-order valence-corrected chi connectivity index (χ3v) is 2.66. The van der Waals surface area contributed by atoms with E-state index < -0.39 is 0 Å². The van der Waals surface area contributed by atoms with Crippen molar-refractivity contribution in [2.24, 2.45) is 5.73 Å². The highest BCUT2D eigenvalue weighted by atomic mass is 35.5. The van der Waals surface area contributed by atoms with Crippen LogP contribution in [0.3, 0.4) is 0 Å². The average molecular weight is 275 g/mol. The van der Waals surface area contributed by atoms with E-state index in [1.54, 1.807) is 0 Å². The zero-order valence-electron chi connectivity index (χ0n) is 11.0. The minimum Gasteiger partial charge on any atom is -0.352 e. The summed E-state index contributed by atoms with van der Waals surface area (Å²) in [6.07, 6.45) is 3.46. The first-order valence-electron chi connectivity index (χ1n) is 6.16. The van der Waals surface area contributed by atoms with Crippen LogP contribution in [-0.2, 0) is 11.2 Å². The van der Waals surface area contributed by atoms with E-state index in [0.29, 0.717) is 13.0 Å². The molecule has 0 saturated carbocycles. The minimum absolute atomic E-state index is 0. The van der Waals surface area contributed by atoms with Crippen LogP contribution in [0.2, 0.25) is 0 Å². The van der Waals surface area contributed by atoms with Crippen molar-refractivity contribution in [2.75, 3.05) is 6.54 Å². The van der Waals surface area contributed by atoms with E-state index in [1.807, 2.05) is 13.0 Å². The normalized spacial score (nSPS) is 11.7. The van der Waals surface area contributed by atoms with E-state index in [1.165, 1.54) is 0 Å². The van der Waals surface area contributed by atoms with Gasteiger partial charge in [0.25, 0.3) is 0 Å². The second-order valence-electron chi connectivity index (χ2n) is 4.36. The molecule has 0 bridgehead atoms. The number of nitrogens with one attached hydrogen (secondary N) is 2. The Labute approximate surface area is 114 Å². The molecule has 0 aliphatic rings. The van der Waals surface area contributed by atoms with E-state index in [0.717, 1.165) is 30.7 Å². The van der Waals surface area contributed by atoms with Crippen LogP contribution in [0, 0.1) is 6.92 Å². The largest absolute Gasteiger partial charge is 0.352 e. The Morgan fingerprint density at radius 1 is 1.61 bits per heavy atom. The third-order valence-electron chi connectivity index (χ3n) is 2.66. The Morgan fingerprint density at radius 2 is 2.33 bits per heavy atom. The Balaban J connectivity index is 0.00000289. The number of aromatic amines is 1. The highest BCUT2D eigenvalue weighted by molar-refractivity contribution is 5.85. The van der Waals surface area contributed by atoms with Gasteiger partial charge in [0.2, 0.25) is 5.91 Å². The number of H-pyrrole nitrogens is 1. The van der Waals surface area contributed by atoms with Crippen LogP contribution in [0.25, 0.3) is 0 Å². The smallest absolute Gasteiger partial charge is 0.226 e. The molecule has 1 aromatic heterocycles. The Kier molecular flexibility index (Phi) is 8.41. The summed E-state index contributed by atoms with van der Waals surface area (Å²) in [7, 11) is 0. The zero-order chi connectivity index (χ0) is 12.7. The molecule has 18 heavy (non-hydrogen) atoms. The zero-order valence-corrected chi connectivity index (χ0v) is 11.8. The van der Waals surface area contributed by atoms with Crippen molar-refractivity contribution < 1.29 is 4.79 Å². The summed E-state index contributed by atoms with van der Waals surface area (Å²) in [6, 6.07) is 1.96. The number of carbonyl (C=O) groups excluding carboxylic acids is 1. The van der Waals surface area contributed by atoms with Gasteiger partial charge in [0, 0.05) is 18.3 Å². The minimum atomic E-state index is -0.0111. The maximum atomic E-state index is 11.7. The number of unbranched alkanes of at least 4 members (excludes halogenated alkanes) is 1. The molecule has 1 amide bonds. The van der Waals surface area contributed by atoms with Crippen LogP contribution in [0.4, 0.5) is 0 Å². The number of aryl methyl sites for hydroxylation is 1. The summed E-state index contributed by atoms with van der Waals surface area (Å²) in [5.41, 5.74) is 7.36. The summed E-state index contributed by atoms with van der Waals surface area (Å²) in [4.78, 5) is 11.7. The number of nitrogens with zero attached hydrogens (tertiary/aromatic N) is 1. The molecule has 1 rings (SSSR count). The highest BCUT2D eigenvalue weighted by Crippen LogP contribution is 2.02. The van der Waals surface area contributed by atoms with Crippen molar-refractivity contribution >= 4 is 18.3 Å². The summed E-state index contributed by atoms with van der Waals surface area (Å²) in [5, 5.41) is 9.80. The van der Waals surface area contributed by atoms with Crippen molar-refractivity contribution in [2.45, 2.75) is 45.6 Å². The molecule has 0 fully saturated rings. The van der Waals surface area contributed by atoms with Crippen LogP contribution in [0.5, 0.6) is 0 Å². The van der Waals surface area contributed by atoms with Gasteiger partial charge in [-0.05, 0) is 19.4 Å². The standard InChI is InChI=1S/C12H22N4O.ClH/c1-3-4-5-10(8-13)14-12(17)7-11-6-9(2)15-16-11;/h6,10H,3-5,7-8,13H2,1-2H3,(H,14,17)(H,15,16);1H. The van der Waals surface area contributed by atoms with Gasteiger partial charge < -0.3 is 11.1 Å². The lowest BCUT2D eigenvalue weighted by Gasteiger charge is -2.15.